The molecule has 1 saturated heterocycles. The molecule has 8 nitrogen and oxygen atoms in total. The van der Waals surface area contributed by atoms with E-state index in [9.17, 15) is 13.2 Å². The van der Waals surface area contributed by atoms with Gasteiger partial charge in [-0.25, -0.2) is 8.42 Å². The first kappa shape index (κ1) is 23.1. The average molecular weight is 449 g/mol. The number of methoxy groups -OCH3 is 3. The summed E-state index contributed by atoms with van der Waals surface area (Å²) < 4.78 is 43.8. The second kappa shape index (κ2) is 10.1. The molecule has 2 atom stereocenters. The number of amides is 1. The predicted octanol–water partition coefficient (Wildman–Crippen LogP) is 1.87. The lowest BCUT2D eigenvalue weighted by Crippen LogP contribution is -2.37. The van der Waals surface area contributed by atoms with Crippen LogP contribution in [0.2, 0.25) is 0 Å². The summed E-state index contributed by atoms with van der Waals surface area (Å²) in [7, 11) is 0.875. The van der Waals surface area contributed by atoms with Gasteiger partial charge in [0, 0.05) is 38.2 Å². The summed E-state index contributed by atoms with van der Waals surface area (Å²) in [6.07, 6.45) is 0. The number of hydrogen-bond donors (Lipinski definition) is 1. The molecule has 0 aromatic heterocycles. The molecule has 1 aliphatic rings. The fourth-order valence-corrected chi connectivity index (χ4v) is 5.41. The molecular weight excluding hydrogens is 420 g/mol. The number of ether oxygens (including phenoxy) is 3. The third-order valence-corrected chi connectivity index (χ3v) is 7.29. The average Bonchev–Trinajstić information content (AvgIpc) is 3.25. The Morgan fingerprint density at radius 3 is 2.42 bits per heavy atom. The molecule has 1 aliphatic heterocycles. The molecule has 1 heterocycles. The fraction of sp³-hybridized carbons (Fsp3) is 0.409. The van der Waals surface area contributed by atoms with Gasteiger partial charge in [0.15, 0.2) is 11.5 Å². The van der Waals surface area contributed by atoms with Gasteiger partial charge in [-0.3, -0.25) is 4.79 Å². The lowest BCUT2D eigenvalue weighted by molar-refractivity contribution is -0.125. The van der Waals surface area contributed by atoms with Gasteiger partial charge in [0.2, 0.25) is 15.9 Å². The van der Waals surface area contributed by atoms with Gasteiger partial charge in [-0.1, -0.05) is 30.3 Å². The first-order valence-corrected chi connectivity index (χ1v) is 11.4. The topological polar surface area (TPSA) is 94.2 Å². The van der Waals surface area contributed by atoms with Crippen LogP contribution in [-0.2, 0) is 19.6 Å². The van der Waals surface area contributed by atoms with Gasteiger partial charge in [-0.2, -0.15) is 4.31 Å². The highest BCUT2D eigenvalue weighted by Gasteiger charge is 2.44. The number of hydrogen-bond acceptors (Lipinski definition) is 6. The first-order valence-electron chi connectivity index (χ1n) is 9.96. The van der Waals surface area contributed by atoms with Crippen molar-refractivity contribution in [3.8, 4) is 11.5 Å². The molecule has 3 rings (SSSR count). The van der Waals surface area contributed by atoms with E-state index in [0.29, 0.717) is 24.7 Å². The summed E-state index contributed by atoms with van der Waals surface area (Å²) >= 11 is 0. The predicted molar refractivity (Wildman–Crippen MR) is 116 cm³/mol. The Balaban J connectivity index is 1.98. The number of rotatable bonds is 9. The lowest BCUT2D eigenvalue weighted by atomic mass is 9.87. The van der Waals surface area contributed by atoms with Crippen molar-refractivity contribution >= 4 is 15.9 Å². The van der Waals surface area contributed by atoms with Crippen molar-refractivity contribution in [2.45, 2.75) is 10.8 Å². The van der Waals surface area contributed by atoms with Gasteiger partial charge >= 0.3 is 0 Å². The Kier molecular flexibility index (Phi) is 7.53. The molecule has 1 N–H and O–H groups in total. The molecule has 168 valence electrons. The fourth-order valence-electron chi connectivity index (χ4n) is 3.90. The highest BCUT2D eigenvalue weighted by atomic mass is 32.2. The van der Waals surface area contributed by atoms with E-state index >= 15 is 0 Å². The van der Waals surface area contributed by atoms with Gasteiger partial charge < -0.3 is 19.5 Å². The SMILES string of the molecule is COCCNC(=O)[C@@H]1CN(S(=O)(=O)c2ccccc2)C[C@H]1c1cccc(OC)c1OC. The molecular formula is C22H28N2O6S. The molecule has 0 radical (unpaired) electrons. The molecule has 9 heteroatoms. The zero-order chi connectivity index (χ0) is 22.4. The Bertz CT molecular complexity index is 996. The molecule has 0 bridgehead atoms. The van der Waals surface area contributed by atoms with Crippen LogP contribution in [0.15, 0.2) is 53.4 Å². The summed E-state index contributed by atoms with van der Waals surface area (Å²) in [6, 6.07) is 13.7. The zero-order valence-corrected chi connectivity index (χ0v) is 18.7. The van der Waals surface area contributed by atoms with Crippen LogP contribution in [0.25, 0.3) is 0 Å². The van der Waals surface area contributed by atoms with E-state index in [1.54, 1.807) is 43.5 Å². The van der Waals surface area contributed by atoms with Crippen molar-refractivity contribution in [1.82, 2.24) is 9.62 Å². The minimum atomic E-state index is -3.75. The molecule has 0 spiro atoms. The van der Waals surface area contributed by atoms with Crippen molar-refractivity contribution < 1.29 is 27.4 Å². The third-order valence-electron chi connectivity index (χ3n) is 5.44. The summed E-state index contributed by atoms with van der Waals surface area (Å²) in [5.41, 5.74) is 0.736. The second-order valence-electron chi connectivity index (χ2n) is 7.21. The van der Waals surface area contributed by atoms with Crippen LogP contribution in [0.1, 0.15) is 11.5 Å². The molecule has 0 saturated carbocycles. The number of carbonyl (C=O) groups excluding carboxylic acids is 1. The van der Waals surface area contributed by atoms with E-state index in [4.69, 9.17) is 14.2 Å². The van der Waals surface area contributed by atoms with Crippen LogP contribution < -0.4 is 14.8 Å². The Morgan fingerprint density at radius 2 is 1.77 bits per heavy atom. The maximum Gasteiger partial charge on any atom is 0.243 e. The number of sulfonamides is 1. The monoisotopic (exact) mass is 448 g/mol. The van der Waals surface area contributed by atoms with Crippen LogP contribution in [0.5, 0.6) is 11.5 Å². The summed E-state index contributed by atoms with van der Waals surface area (Å²) in [5.74, 6) is -0.174. The second-order valence-corrected chi connectivity index (χ2v) is 9.15. The van der Waals surface area contributed by atoms with Crippen molar-refractivity contribution in [3.63, 3.8) is 0 Å². The van der Waals surface area contributed by atoms with Gasteiger partial charge in [-0.15, -0.1) is 0 Å². The maximum atomic E-state index is 13.2. The summed E-state index contributed by atoms with van der Waals surface area (Å²) in [4.78, 5) is 13.2. The molecule has 2 aromatic rings. The van der Waals surface area contributed by atoms with Gasteiger partial charge in [0.25, 0.3) is 0 Å². The Hall–Kier alpha value is -2.62. The number of para-hydroxylation sites is 1. The van der Waals surface area contributed by atoms with E-state index in [-0.39, 0.29) is 23.9 Å². The molecule has 0 aliphatic carbocycles. The van der Waals surface area contributed by atoms with Crippen LogP contribution >= 0.6 is 0 Å². The Morgan fingerprint density at radius 1 is 1.03 bits per heavy atom. The van der Waals surface area contributed by atoms with Crippen LogP contribution in [0, 0.1) is 5.92 Å². The number of carbonyl (C=O) groups is 1. The number of benzene rings is 2. The zero-order valence-electron chi connectivity index (χ0n) is 17.9. The molecule has 1 fully saturated rings. The third kappa shape index (κ3) is 4.84. The highest BCUT2D eigenvalue weighted by Crippen LogP contribution is 2.43. The molecule has 31 heavy (non-hydrogen) atoms. The molecule has 1 amide bonds. The number of nitrogens with one attached hydrogen (secondary N) is 1. The minimum Gasteiger partial charge on any atom is -0.493 e. The standard InChI is InChI=1S/C22H28N2O6S/c1-28-13-12-23-22(25)19-15-24(31(26,27)16-8-5-4-6-9-16)14-18(19)17-10-7-11-20(29-2)21(17)30-3/h4-11,18-19H,12-15H2,1-3H3,(H,23,25)/t18-,19+/m0/s1. The van der Waals surface area contributed by atoms with Crippen LogP contribution in [0.4, 0.5) is 0 Å². The number of nitrogens with zero attached hydrogens (tertiary/aromatic N) is 1. The molecule has 2 aromatic carbocycles. The maximum absolute atomic E-state index is 13.2. The van der Waals surface area contributed by atoms with Gasteiger partial charge in [-0.05, 0) is 18.2 Å². The van der Waals surface area contributed by atoms with Gasteiger partial charge in [0.1, 0.15) is 0 Å². The van der Waals surface area contributed by atoms with E-state index < -0.39 is 21.9 Å². The lowest BCUT2D eigenvalue weighted by Gasteiger charge is -2.21. The first-order chi connectivity index (χ1) is 14.9. The quantitative estimate of drug-likeness (QED) is 0.589. The van der Waals surface area contributed by atoms with Crippen molar-refractivity contribution in [2.24, 2.45) is 5.92 Å². The Labute approximate surface area is 183 Å². The van der Waals surface area contributed by atoms with Crippen molar-refractivity contribution in [3.05, 3.63) is 54.1 Å². The molecule has 0 unspecified atom stereocenters. The van der Waals surface area contributed by atoms with E-state index in [0.717, 1.165) is 5.56 Å². The van der Waals surface area contributed by atoms with E-state index in [2.05, 4.69) is 5.32 Å². The van der Waals surface area contributed by atoms with Gasteiger partial charge in [0.05, 0.1) is 31.6 Å². The highest BCUT2D eigenvalue weighted by molar-refractivity contribution is 7.89. The summed E-state index contributed by atoms with van der Waals surface area (Å²) in [6.45, 7) is 0.945. The summed E-state index contributed by atoms with van der Waals surface area (Å²) in [5, 5.41) is 2.85. The van der Waals surface area contributed by atoms with E-state index in [1.165, 1.54) is 18.5 Å². The smallest absolute Gasteiger partial charge is 0.243 e. The minimum absolute atomic E-state index is 0.0705. The van der Waals surface area contributed by atoms with E-state index in [1.807, 2.05) is 12.1 Å². The van der Waals surface area contributed by atoms with Crippen LogP contribution in [0.3, 0.4) is 0 Å². The van der Waals surface area contributed by atoms with Crippen molar-refractivity contribution in [1.29, 1.82) is 0 Å². The largest absolute Gasteiger partial charge is 0.493 e. The van der Waals surface area contributed by atoms with Crippen LogP contribution in [-0.4, -0.2) is 66.2 Å². The van der Waals surface area contributed by atoms with Crippen molar-refractivity contribution in [2.75, 3.05) is 47.6 Å². The normalized spacial score (nSPS) is 19.2.